The van der Waals surface area contributed by atoms with E-state index in [2.05, 4.69) is 4.98 Å². The fraction of sp³-hybridized carbons (Fsp3) is 0.556. The predicted molar refractivity (Wildman–Crippen MR) is 45.9 cm³/mol. The lowest BCUT2D eigenvalue weighted by Crippen LogP contribution is -2.15. The minimum Gasteiger partial charge on any atom is -0.376 e. The second-order valence-corrected chi connectivity index (χ2v) is 3.15. The maximum absolute atomic E-state index is 8.71. The van der Waals surface area contributed by atoms with Gasteiger partial charge in [-0.2, -0.15) is 5.26 Å². The summed E-state index contributed by atoms with van der Waals surface area (Å²) in [6, 6.07) is 2.05. The summed E-state index contributed by atoms with van der Waals surface area (Å²) >= 11 is 0. The van der Waals surface area contributed by atoms with Gasteiger partial charge in [0.15, 0.2) is 0 Å². The smallest absolute Gasteiger partial charge is 0.212 e. The van der Waals surface area contributed by atoms with Crippen LogP contribution in [0.4, 0.5) is 0 Å². The van der Waals surface area contributed by atoms with Gasteiger partial charge >= 0.3 is 0 Å². The largest absolute Gasteiger partial charge is 0.376 e. The highest BCUT2D eigenvalue weighted by Crippen LogP contribution is 2.14. The van der Waals surface area contributed by atoms with Crippen molar-refractivity contribution in [1.29, 1.82) is 5.26 Å². The van der Waals surface area contributed by atoms with Crippen LogP contribution in [0.2, 0.25) is 0 Å². The molecular formula is C9H11N3O. The molecule has 1 atom stereocenters. The van der Waals surface area contributed by atoms with Crippen LogP contribution in [0.3, 0.4) is 0 Å². The van der Waals surface area contributed by atoms with Gasteiger partial charge in [0.25, 0.3) is 0 Å². The maximum Gasteiger partial charge on any atom is 0.212 e. The molecule has 4 heteroatoms. The van der Waals surface area contributed by atoms with Crippen molar-refractivity contribution in [3.8, 4) is 6.07 Å². The van der Waals surface area contributed by atoms with E-state index >= 15 is 0 Å². The van der Waals surface area contributed by atoms with E-state index in [4.69, 9.17) is 10.00 Å². The third-order valence-electron chi connectivity index (χ3n) is 2.24. The monoisotopic (exact) mass is 177 g/mol. The normalized spacial score (nSPS) is 21.6. The van der Waals surface area contributed by atoms with Crippen molar-refractivity contribution in [2.45, 2.75) is 25.5 Å². The molecule has 0 saturated carbocycles. The summed E-state index contributed by atoms with van der Waals surface area (Å²) in [6.07, 6.45) is 5.94. The van der Waals surface area contributed by atoms with Crippen molar-refractivity contribution in [3.05, 3.63) is 18.2 Å². The molecule has 13 heavy (non-hydrogen) atoms. The predicted octanol–water partition coefficient (Wildman–Crippen LogP) is 0.934. The van der Waals surface area contributed by atoms with Crippen LogP contribution in [-0.2, 0) is 11.3 Å². The molecule has 0 radical (unpaired) electrons. The minimum atomic E-state index is 0.265. The van der Waals surface area contributed by atoms with Crippen molar-refractivity contribution < 1.29 is 4.74 Å². The van der Waals surface area contributed by atoms with Gasteiger partial charge in [-0.15, -0.1) is 0 Å². The van der Waals surface area contributed by atoms with Crippen LogP contribution in [-0.4, -0.2) is 22.3 Å². The van der Waals surface area contributed by atoms with Crippen LogP contribution in [0.1, 0.15) is 18.7 Å². The first-order valence-corrected chi connectivity index (χ1v) is 4.43. The van der Waals surface area contributed by atoms with Crippen LogP contribution in [0.5, 0.6) is 0 Å². The lowest BCUT2D eigenvalue weighted by molar-refractivity contribution is 0.0968. The summed E-state index contributed by atoms with van der Waals surface area (Å²) in [5, 5.41) is 8.71. The number of rotatable bonds is 2. The molecule has 0 N–H and O–H groups in total. The Hall–Kier alpha value is -1.34. The van der Waals surface area contributed by atoms with E-state index in [-0.39, 0.29) is 6.10 Å². The van der Waals surface area contributed by atoms with Crippen molar-refractivity contribution >= 4 is 0 Å². The number of aromatic nitrogens is 2. The van der Waals surface area contributed by atoms with Gasteiger partial charge < -0.3 is 9.30 Å². The van der Waals surface area contributed by atoms with Gasteiger partial charge in [-0.05, 0) is 12.8 Å². The third-order valence-corrected chi connectivity index (χ3v) is 2.24. The van der Waals surface area contributed by atoms with Gasteiger partial charge in [0, 0.05) is 19.0 Å². The molecule has 1 fully saturated rings. The molecule has 0 amide bonds. The fourth-order valence-corrected chi connectivity index (χ4v) is 1.58. The molecule has 1 saturated heterocycles. The first kappa shape index (κ1) is 8.27. The Kier molecular flexibility index (Phi) is 2.28. The molecule has 0 aliphatic carbocycles. The van der Waals surface area contributed by atoms with E-state index in [0.717, 1.165) is 26.0 Å². The van der Waals surface area contributed by atoms with Crippen LogP contribution in [0.15, 0.2) is 12.4 Å². The molecule has 2 rings (SSSR count). The summed E-state index contributed by atoms with van der Waals surface area (Å²) in [5.41, 5.74) is 0. The van der Waals surface area contributed by atoms with Gasteiger partial charge in [-0.3, -0.25) is 0 Å². The fourth-order valence-electron chi connectivity index (χ4n) is 1.58. The Balaban J connectivity index is 2.04. The van der Waals surface area contributed by atoms with E-state index in [9.17, 15) is 0 Å². The minimum absolute atomic E-state index is 0.265. The molecule has 1 aliphatic heterocycles. The zero-order chi connectivity index (χ0) is 9.10. The molecule has 0 spiro atoms. The SMILES string of the molecule is N#Cc1nccn1C[C@H]1CCCO1. The zero-order valence-corrected chi connectivity index (χ0v) is 7.31. The quantitative estimate of drug-likeness (QED) is 0.675. The van der Waals surface area contributed by atoms with E-state index in [1.165, 1.54) is 0 Å². The van der Waals surface area contributed by atoms with Crippen LogP contribution >= 0.6 is 0 Å². The lowest BCUT2D eigenvalue weighted by Gasteiger charge is -2.09. The maximum atomic E-state index is 8.71. The molecule has 1 aliphatic rings. The first-order valence-electron chi connectivity index (χ1n) is 4.43. The number of imidazole rings is 1. The van der Waals surface area contributed by atoms with E-state index in [0.29, 0.717) is 5.82 Å². The highest BCUT2D eigenvalue weighted by Gasteiger charge is 2.16. The van der Waals surface area contributed by atoms with E-state index < -0.39 is 0 Å². The van der Waals surface area contributed by atoms with Crippen molar-refractivity contribution in [3.63, 3.8) is 0 Å². The summed E-state index contributed by atoms with van der Waals surface area (Å²) in [5.74, 6) is 0.468. The summed E-state index contributed by atoms with van der Waals surface area (Å²) in [4.78, 5) is 3.92. The van der Waals surface area contributed by atoms with E-state index in [1.807, 2.05) is 16.8 Å². The number of nitriles is 1. The number of ether oxygens (including phenoxy) is 1. The average Bonchev–Trinajstić information content (AvgIpc) is 2.76. The third kappa shape index (κ3) is 1.70. The Morgan fingerprint density at radius 1 is 1.77 bits per heavy atom. The Bertz CT molecular complexity index is 320. The van der Waals surface area contributed by atoms with Crippen molar-refractivity contribution in [2.75, 3.05) is 6.61 Å². The first-order chi connectivity index (χ1) is 6.40. The van der Waals surface area contributed by atoms with Gasteiger partial charge in [-0.25, -0.2) is 4.98 Å². The van der Waals surface area contributed by atoms with Crippen LogP contribution in [0.25, 0.3) is 0 Å². The highest BCUT2D eigenvalue weighted by molar-refractivity contribution is 5.11. The Labute approximate surface area is 76.8 Å². The number of nitrogens with zero attached hydrogens (tertiary/aromatic N) is 3. The lowest BCUT2D eigenvalue weighted by atomic mass is 10.2. The van der Waals surface area contributed by atoms with E-state index in [1.54, 1.807) is 6.20 Å². The topological polar surface area (TPSA) is 50.8 Å². The highest BCUT2D eigenvalue weighted by atomic mass is 16.5. The van der Waals surface area contributed by atoms with Crippen molar-refractivity contribution in [2.24, 2.45) is 0 Å². The zero-order valence-electron chi connectivity index (χ0n) is 7.31. The molecule has 0 bridgehead atoms. The summed E-state index contributed by atoms with van der Waals surface area (Å²) < 4.78 is 7.31. The molecule has 0 aromatic carbocycles. The Morgan fingerprint density at radius 3 is 3.38 bits per heavy atom. The van der Waals surface area contributed by atoms with Gasteiger partial charge in [0.2, 0.25) is 5.82 Å². The molecule has 1 aromatic heterocycles. The number of hydrogen-bond donors (Lipinski definition) is 0. The molecule has 2 heterocycles. The summed E-state index contributed by atoms with van der Waals surface area (Å²) in [7, 11) is 0. The Morgan fingerprint density at radius 2 is 2.69 bits per heavy atom. The second kappa shape index (κ2) is 3.58. The standard InChI is InChI=1S/C9H11N3O/c10-6-9-11-3-4-12(9)7-8-2-1-5-13-8/h3-4,8H,1-2,5,7H2/t8-/m1/s1. The molecule has 4 nitrogen and oxygen atoms in total. The van der Waals surface area contributed by atoms with Crippen molar-refractivity contribution in [1.82, 2.24) is 9.55 Å². The van der Waals surface area contributed by atoms with Crippen LogP contribution in [0, 0.1) is 11.3 Å². The second-order valence-electron chi connectivity index (χ2n) is 3.15. The number of hydrogen-bond acceptors (Lipinski definition) is 3. The molecular weight excluding hydrogens is 166 g/mol. The average molecular weight is 177 g/mol. The van der Waals surface area contributed by atoms with Gasteiger partial charge in [0.05, 0.1) is 12.6 Å². The van der Waals surface area contributed by atoms with Gasteiger partial charge in [0.1, 0.15) is 6.07 Å². The molecule has 1 aromatic rings. The molecule has 0 unspecified atom stereocenters. The van der Waals surface area contributed by atoms with Crippen LogP contribution < -0.4 is 0 Å². The molecule has 68 valence electrons. The summed E-state index contributed by atoms with van der Waals surface area (Å²) in [6.45, 7) is 1.60. The van der Waals surface area contributed by atoms with Gasteiger partial charge in [-0.1, -0.05) is 0 Å².